The molecule has 0 bridgehead atoms. The van der Waals surface area contributed by atoms with Crippen molar-refractivity contribution in [1.82, 2.24) is 9.97 Å². The summed E-state index contributed by atoms with van der Waals surface area (Å²) in [4.78, 5) is 9.23. The molecule has 0 atom stereocenters. The van der Waals surface area contributed by atoms with Crippen LogP contribution in [0.4, 0.5) is 5.82 Å². The lowest BCUT2D eigenvalue weighted by Crippen LogP contribution is -2.02. The Labute approximate surface area is 117 Å². The molecule has 98 valence electrons. The van der Waals surface area contributed by atoms with Gasteiger partial charge in [0.05, 0.1) is 16.7 Å². The molecule has 3 rings (SSSR count). The van der Waals surface area contributed by atoms with E-state index in [0.717, 1.165) is 16.7 Å². The fourth-order valence-electron chi connectivity index (χ4n) is 2.11. The van der Waals surface area contributed by atoms with E-state index in [0.29, 0.717) is 12.2 Å². The van der Waals surface area contributed by atoms with Gasteiger partial charge in [-0.1, -0.05) is 42.5 Å². The molecule has 3 aromatic rings. The molecule has 1 heterocycles. The van der Waals surface area contributed by atoms with Gasteiger partial charge in [-0.05, 0) is 17.7 Å². The highest BCUT2D eigenvalue weighted by molar-refractivity contribution is 5.76. The summed E-state index contributed by atoms with van der Waals surface area (Å²) < 4.78 is 0. The van der Waals surface area contributed by atoms with Gasteiger partial charge in [-0.25, -0.2) is 9.97 Å². The number of para-hydroxylation sites is 2. The average molecular weight is 262 g/mol. The molecule has 2 aromatic carbocycles. The number of hydrogen-bond donors (Lipinski definition) is 1. The van der Waals surface area contributed by atoms with Crippen LogP contribution in [0.1, 0.15) is 11.3 Å². The van der Waals surface area contributed by atoms with Gasteiger partial charge >= 0.3 is 0 Å². The van der Waals surface area contributed by atoms with Gasteiger partial charge < -0.3 is 0 Å². The van der Waals surface area contributed by atoms with Crippen molar-refractivity contribution in [2.24, 2.45) is 5.10 Å². The first-order valence-electron chi connectivity index (χ1n) is 6.38. The van der Waals surface area contributed by atoms with Crippen LogP contribution in [0.5, 0.6) is 0 Å². The van der Waals surface area contributed by atoms with Gasteiger partial charge in [-0.3, -0.25) is 5.43 Å². The Morgan fingerprint density at radius 1 is 0.900 bits per heavy atom. The summed E-state index contributed by atoms with van der Waals surface area (Å²) in [5.41, 5.74) is 6.60. The van der Waals surface area contributed by atoms with Gasteiger partial charge in [0.1, 0.15) is 0 Å². The van der Waals surface area contributed by atoms with Crippen molar-refractivity contribution in [3.8, 4) is 0 Å². The lowest BCUT2D eigenvalue weighted by atomic mass is 10.1. The minimum atomic E-state index is 0.655. The van der Waals surface area contributed by atoms with E-state index in [-0.39, 0.29) is 0 Å². The van der Waals surface area contributed by atoms with Crippen molar-refractivity contribution in [2.75, 3.05) is 5.43 Å². The lowest BCUT2D eigenvalue weighted by molar-refractivity contribution is 1.06. The van der Waals surface area contributed by atoms with Crippen LogP contribution in [-0.2, 0) is 6.42 Å². The first-order valence-corrected chi connectivity index (χ1v) is 6.38. The first-order chi connectivity index (χ1) is 9.86. The number of aromatic nitrogens is 2. The molecule has 0 saturated heterocycles. The highest BCUT2D eigenvalue weighted by atomic mass is 15.3. The lowest BCUT2D eigenvalue weighted by Gasteiger charge is -2.09. The van der Waals surface area contributed by atoms with Crippen molar-refractivity contribution in [3.63, 3.8) is 0 Å². The molecule has 0 aliphatic heterocycles. The zero-order valence-corrected chi connectivity index (χ0v) is 11.0. The summed E-state index contributed by atoms with van der Waals surface area (Å²) in [5, 5.41) is 3.71. The Kier molecular flexibility index (Phi) is 3.37. The molecule has 0 spiro atoms. The van der Waals surface area contributed by atoms with Crippen LogP contribution in [0.2, 0.25) is 0 Å². The molecule has 0 saturated carbocycles. The van der Waals surface area contributed by atoms with Crippen LogP contribution in [0, 0.1) is 0 Å². The number of hydrazone groups is 1. The van der Waals surface area contributed by atoms with Gasteiger partial charge in [0.15, 0.2) is 5.82 Å². The number of benzene rings is 2. The van der Waals surface area contributed by atoms with E-state index in [9.17, 15) is 0 Å². The summed E-state index contributed by atoms with van der Waals surface area (Å²) >= 11 is 0. The summed E-state index contributed by atoms with van der Waals surface area (Å²) in [6, 6.07) is 18.0. The zero-order chi connectivity index (χ0) is 13.8. The standard InChI is InChI=1S/C16H14N4/c1-17-20-16-15(11-12-7-3-2-4-8-12)18-13-9-5-6-10-14(13)19-16/h2-10H,1,11H2,(H,19,20). The summed E-state index contributed by atoms with van der Waals surface area (Å²) in [7, 11) is 0. The maximum absolute atomic E-state index is 4.68. The van der Waals surface area contributed by atoms with E-state index in [1.165, 1.54) is 5.56 Å². The van der Waals surface area contributed by atoms with E-state index < -0.39 is 0 Å². The van der Waals surface area contributed by atoms with Crippen molar-refractivity contribution >= 4 is 23.6 Å². The normalized spacial score (nSPS) is 10.4. The second kappa shape index (κ2) is 5.48. The van der Waals surface area contributed by atoms with Crippen LogP contribution in [-0.4, -0.2) is 16.7 Å². The van der Waals surface area contributed by atoms with Crippen molar-refractivity contribution in [1.29, 1.82) is 0 Å². The van der Waals surface area contributed by atoms with Crippen LogP contribution < -0.4 is 5.43 Å². The maximum atomic E-state index is 4.68. The quantitative estimate of drug-likeness (QED) is 0.580. The molecule has 1 N–H and O–H groups in total. The molecule has 20 heavy (non-hydrogen) atoms. The van der Waals surface area contributed by atoms with Crippen LogP contribution in [0.15, 0.2) is 59.7 Å². The molecule has 0 amide bonds. The topological polar surface area (TPSA) is 50.2 Å². The van der Waals surface area contributed by atoms with E-state index in [2.05, 4.69) is 39.3 Å². The highest BCUT2D eigenvalue weighted by Crippen LogP contribution is 2.19. The molecule has 4 heteroatoms. The molecule has 1 aromatic heterocycles. The number of rotatable bonds is 4. The SMILES string of the molecule is C=NNc1nc2ccccc2nc1Cc1ccccc1. The first kappa shape index (κ1) is 12.3. The van der Waals surface area contributed by atoms with E-state index in [1.54, 1.807) is 0 Å². The second-order valence-corrected chi connectivity index (χ2v) is 4.44. The minimum Gasteiger partial charge on any atom is -0.260 e. The molecule has 0 aliphatic rings. The fraction of sp³-hybridized carbons (Fsp3) is 0.0625. The third-order valence-corrected chi connectivity index (χ3v) is 3.04. The molecular formula is C16H14N4. The fourth-order valence-corrected chi connectivity index (χ4v) is 2.11. The Morgan fingerprint density at radius 2 is 1.55 bits per heavy atom. The summed E-state index contributed by atoms with van der Waals surface area (Å²) in [6.45, 7) is 3.46. The van der Waals surface area contributed by atoms with E-state index >= 15 is 0 Å². The predicted molar refractivity (Wildman–Crippen MR) is 82.0 cm³/mol. The molecule has 0 unspecified atom stereocenters. The zero-order valence-electron chi connectivity index (χ0n) is 11.0. The minimum absolute atomic E-state index is 0.655. The third kappa shape index (κ3) is 2.49. The number of nitrogens with one attached hydrogen (secondary N) is 1. The van der Waals surface area contributed by atoms with Crippen LogP contribution in [0.25, 0.3) is 11.0 Å². The molecule has 0 aliphatic carbocycles. The molecule has 4 nitrogen and oxygen atoms in total. The van der Waals surface area contributed by atoms with E-state index in [1.807, 2.05) is 42.5 Å². The Hall–Kier alpha value is -2.75. The van der Waals surface area contributed by atoms with Crippen molar-refractivity contribution in [3.05, 3.63) is 65.9 Å². The number of anilines is 1. The van der Waals surface area contributed by atoms with Crippen LogP contribution >= 0.6 is 0 Å². The predicted octanol–water partition coefficient (Wildman–Crippen LogP) is 3.25. The number of nitrogens with zero attached hydrogens (tertiary/aromatic N) is 3. The number of hydrogen-bond acceptors (Lipinski definition) is 4. The Bertz CT molecular complexity index is 738. The van der Waals surface area contributed by atoms with Gasteiger partial charge in [0, 0.05) is 13.1 Å². The smallest absolute Gasteiger partial charge is 0.169 e. The maximum Gasteiger partial charge on any atom is 0.169 e. The second-order valence-electron chi connectivity index (χ2n) is 4.44. The summed E-state index contributed by atoms with van der Waals surface area (Å²) in [6.07, 6.45) is 0.705. The molecule has 0 radical (unpaired) electrons. The Balaban J connectivity index is 2.07. The highest BCUT2D eigenvalue weighted by Gasteiger charge is 2.08. The monoisotopic (exact) mass is 262 g/mol. The molecule has 0 fully saturated rings. The van der Waals surface area contributed by atoms with Gasteiger partial charge in [-0.15, -0.1) is 0 Å². The van der Waals surface area contributed by atoms with Crippen LogP contribution in [0.3, 0.4) is 0 Å². The van der Waals surface area contributed by atoms with Crippen molar-refractivity contribution < 1.29 is 0 Å². The van der Waals surface area contributed by atoms with Crippen molar-refractivity contribution in [2.45, 2.75) is 6.42 Å². The molecular weight excluding hydrogens is 248 g/mol. The largest absolute Gasteiger partial charge is 0.260 e. The van der Waals surface area contributed by atoms with E-state index in [4.69, 9.17) is 0 Å². The number of fused-ring (bicyclic) bond motifs is 1. The third-order valence-electron chi connectivity index (χ3n) is 3.04. The van der Waals surface area contributed by atoms with Gasteiger partial charge in [0.25, 0.3) is 0 Å². The summed E-state index contributed by atoms with van der Waals surface area (Å²) in [5.74, 6) is 0.655. The Morgan fingerprint density at radius 3 is 2.25 bits per heavy atom. The van der Waals surface area contributed by atoms with Gasteiger partial charge in [-0.2, -0.15) is 5.10 Å². The van der Waals surface area contributed by atoms with Gasteiger partial charge in [0.2, 0.25) is 0 Å². The average Bonchev–Trinajstić information content (AvgIpc) is 2.49.